The molecule has 32 heavy (non-hydrogen) atoms. The third-order valence-corrected chi connectivity index (χ3v) is 8.55. The van der Waals surface area contributed by atoms with Gasteiger partial charge in [-0.05, 0) is 49.9 Å². The number of ketones is 1. The first-order valence-electron chi connectivity index (χ1n) is 11.0. The van der Waals surface area contributed by atoms with E-state index < -0.39 is 10.0 Å². The fourth-order valence-electron chi connectivity index (χ4n) is 4.58. The molecular formula is C24H27ClN2O4S. The maximum Gasteiger partial charge on any atom is 0.243 e. The number of sulfonamides is 1. The molecule has 8 heteroatoms. The van der Waals surface area contributed by atoms with E-state index >= 15 is 0 Å². The van der Waals surface area contributed by atoms with E-state index in [-0.39, 0.29) is 35.0 Å². The predicted molar refractivity (Wildman–Crippen MR) is 123 cm³/mol. The molecule has 6 nitrogen and oxygen atoms in total. The molecule has 1 unspecified atom stereocenters. The van der Waals surface area contributed by atoms with E-state index in [9.17, 15) is 18.0 Å². The summed E-state index contributed by atoms with van der Waals surface area (Å²) in [5, 5.41) is 0.477. The van der Waals surface area contributed by atoms with Crippen molar-refractivity contribution in [1.29, 1.82) is 0 Å². The summed E-state index contributed by atoms with van der Waals surface area (Å²) < 4.78 is 27.4. The summed E-state index contributed by atoms with van der Waals surface area (Å²) in [6, 6.07) is 15.4. The van der Waals surface area contributed by atoms with Crippen molar-refractivity contribution in [3.05, 3.63) is 65.2 Å². The van der Waals surface area contributed by atoms with Crippen molar-refractivity contribution < 1.29 is 18.0 Å². The highest BCUT2D eigenvalue weighted by Crippen LogP contribution is 2.28. The molecule has 0 bridgehead atoms. The van der Waals surface area contributed by atoms with Gasteiger partial charge in [-0.2, -0.15) is 4.31 Å². The third kappa shape index (κ3) is 4.90. The van der Waals surface area contributed by atoms with Gasteiger partial charge < -0.3 is 4.90 Å². The van der Waals surface area contributed by atoms with E-state index in [1.54, 1.807) is 17.0 Å². The van der Waals surface area contributed by atoms with Gasteiger partial charge in [0.1, 0.15) is 0 Å². The zero-order chi connectivity index (χ0) is 22.7. The molecule has 0 saturated carbocycles. The van der Waals surface area contributed by atoms with Crippen LogP contribution in [-0.4, -0.2) is 55.5 Å². The first-order chi connectivity index (χ1) is 15.4. The molecule has 0 aliphatic carbocycles. The standard InChI is InChI=1S/C24H27ClN2O4S/c25-21-8-10-22(11-9-21)32(30,31)27-14-4-7-20(17-27)24(29)26-15-12-19(13-16-26)23(28)18-5-2-1-3-6-18/h1-3,5-6,8-11,19-20H,4,7,12-17H2. The molecule has 2 fully saturated rings. The highest BCUT2D eigenvalue weighted by Gasteiger charge is 2.36. The number of carbonyl (C=O) groups excluding carboxylic acids is 2. The number of nitrogens with zero attached hydrogens (tertiary/aromatic N) is 2. The van der Waals surface area contributed by atoms with Crippen LogP contribution in [0.2, 0.25) is 5.02 Å². The smallest absolute Gasteiger partial charge is 0.243 e. The average molecular weight is 475 g/mol. The van der Waals surface area contributed by atoms with Gasteiger partial charge in [0.25, 0.3) is 0 Å². The second kappa shape index (κ2) is 9.73. The van der Waals surface area contributed by atoms with Gasteiger partial charge in [0.05, 0.1) is 10.8 Å². The van der Waals surface area contributed by atoms with Gasteiger partial charge in [0.15, 0.2) is 5.78 Å². The number of hydrogen-bond acceptors (Lipinski definition) is 4. The maximum absolute atomic E-state index is 13.2. The van der Waals surface area contributed by atoms with Crippen LogP contribution in [0.4, 0.5) is 0 Å². The van der Waals surface area contributed by atoms with Gasteiger partial charge >= 0.3 is 0 Å². The van der Waals surface area contributed by atoms with E-state index in [0.717, 1.165) is 0 Å². The van der Waals surface area contributed by atoms with Gasteiger partial charge in [-0.25, -0.2) is 8.42 Å². The van der Waals surface area contributed by atoms with E-state index in [1.165, 1.54) is 16.4 Å². The molecule has 0 N–H and O–H groups in total. The molecule has 2 saturated heterocycles. The number of Topliss-reactive ketones (excluding diaryl/α,β-unsaturated/α-hetero) is 1. The van der Waals surface area contributed by atoms with Crippen molar-refractivity contribution in [3.8, 4) is 0 Å². The normalized spacial score (nSPS) is 20.8. The quantitative estimate of drug-likeness (QED) is 0.616. The van der Waals surface area contributed by atoms with Crippen LogP contribution < -0.4 is 0 Å². The Bertz CT molecular complexity index is 1060. The van der Waals surface area contributed by atoms with Crippen molar-refractivity contribution in [1.82, 2.24) is 9.21 Å². The molecule has 0 spiro atoms. The fraction of sp³-hybridized carbons (Fsp3) is 0.417. The largest absolute Gasteiger partial charge is 0.342 e. The Morgan fingerprint density at radius 1 is 0.844 bits per heavy atom. The van der Waals surface area contributed by atoms with Crippen molar-refractivity contribution in [3.63, 3.8) is 0 Å². The lowest BCUT2D eigenvalue weighted by Gasteiger charge is -2.37. The molecule has 2 aliphatic rings. The predicted octanol–water partition coefficient (Wildman–Crippen LogP) is 3.86. The summed E-state index contributed by atoms with van der Waals surface area (Å²) in [5.41, 5.74) is 0.715. The van der Waals surface area contributed by atoms with E-state index in [1.807, 2.05) is 30.3 Å². The summed E-state index contributed by atoms with van der Waals surface area (Å²) in [6.45, 7) is 1.65. The number of rotatable bonds is 5. The number of carbonyl (C=O) groups is 2. The molecule has 2 aromatic carbocycles. The summed E-state index contributed by atoms with van der Waals surface area (Å²) >= 11 is 5.88. The molecule has 170 valence electrons. The molecule has 1 amide bonds. The SMILES string of the molecule is O=C(c1ccccc1)C1CCN(C(=O)C2CCCN(S(=O)(=O)c3ccc(Cl)cc3)C2)CC1. The minimum atomic E-state index is -3.67. The Kier molecular flexibility index (Phi) is 6.98. The van der Waals surface area contributed by atoms with Crippen LogP contribution in [0, 0.1) is 11.8 Å². The summed E-state index contributed by atoms with van der Waals surface area (Å²) in [5.74, 6) is -0.302. The molecule has 0 aromatic heterocycles. The number of halogens is 1. The van der Waals surface area contributed by atoms with Crippen LogP contribution in [0.3, 0.4) is 0 Å². The number of benzene rings is 2. The van der Waals surface area contributed by atoms with Crippen LogP contribution in [-0.2, 0) is 14.8 Å². The van der Waals surface area contributed by atoms with Crippen LogP contribution in [0.5, 0.6) is 0 Å². The van der Waals surface area contributed by atoms with Crippen molar-refractivity contribution in [2.75, 3.05) is 26.2 Å². The van der Waals surface area contributed by atoms with Gasteiger partial charge in [-0.3, -0.25) is 9.59 Å². The third-order valence-electron chi connectivity index (χ3n) is 6.42. The maximum atomic E-state index is 13.2. The molecular weight excluding hydrogens is 448 g/mol. The molecule has 1 atom stereocenters. The first-order valence-corrected chi connectivity index (χ1v) is 12.8. The molecule has 4 rings (SSSR count). The lowest BCUT2D eigenvalue weighted by atomic mass is 9.88. The summed E-state index contributed by atoms with van der Waals surface area (Å²) in [6.07, 6.45) is 2.60. The Hall–Kier alpha value is -2.22. The highest BCUT2D eigenvalue weighted by atomic mass is 35.5. The Labute approximate surface area is 194 Å². The van der Waals surface area contributed by atoms with Crippen LogP contribution >= 0.6 is 11.6 Å². The van der Waals surface area contributed by atoms with E-state index in [4.69, 9.17) is 11.6 Å². The molecule has 0 radical (unpaired) electrons. The monoisotopic (exact) mass is 474 g/mol. The topological polar surface area (TPSA) is 74.8 Å². The Balaban J connectivity index is 1.37. The van der Waals surface area contributed by atoms with Crippen LogP contribution in [0.15, 0.2) is 59.5 Å². The van der Waals surface area contributed by atoms with Gasteiger partial charge in [0, 0.05) is 42.7 Å². The van der Waals surface area contributed by atoms with Gasteiger partial charge in [-0.15, -0.1) is 0 Å². The van der Waals surface area contributed by atoms with Crippen LogP contribution in [0.25, 0.3) is 0 Å². The van der Waals surface area contributed by atoms with Gasteiger partial charge in [-0.1, -0.05) is 41.9 Å². The van der Waals surface area contributed by atoms with Crippen LogP contribution in [0.1, 0.15) is 36.0 Å². The second-order valence-electron chi connectivity index (χ2n) is 8.49. The summed E-state index contributed by atoms with van der Waals surface area (Å²) in [4.78, 5) is 27.9. The minimum absolute atomic E-state index is 0.00776. The number of hydrogen-bond donors (Lipinski definition) is 0. The lowest BCUT2D eigenvalue weighted by Crippen LogP contribution is -2.49. The number of likely N-dealkylation sites (tertiary alicyclic amines) is 1. The van der Waals surface area contributed by atoms with E-state index in [2.05, 4.69) is 0 Å². The fourth-order valence-corrected chi connectivity index (χ4v) is 6.23. The molecule has 2 aliphatic heterocycles. The average Bonchev–Trinajstić information content (AvgIpc) is 2.84. The zero-order valence-electron chi connectivity index (χ0n) is 17.8. The first kappa shape index (κ1) is 23.0. The van der Waals surface area contributed by atoms with Crippen molar-refractivity contribution >= 4 is 33.3 Å². The lowest BCUT2D eigenvalue weighted by molar-refractivity contribution is -0.138. The summed E-state index contributed by atoms with van der Waals surface area (Å²) in [7, 11) is -3.67. The zero-order valence-corrected chi connectivity index (χ0v) is 19.4. The minimum Gasteiger partial charge on any atom is -0.342 e. The molecule has 2 heterocycles. The van der Waals surface area contributed by atoms with Crippen molar-refractivity contribution in [2.24, 2.45) is 11.8 Å². The number of amides is 1. The molecule has 2 aromatic rings. The van der Waals surface area contributed by atoms with Crippen molar-refractivity contribution in [2.45, 2.75) is 30.6 Å². The highest BCUT2D eigenvalue weighted by molar-refractivity contribution is 7.89. The second-order valence-corrected chi connectivity index (χ2v) is 10.9. The Morgan fingerprint density at radius 3 is 2.16 bits per heavy atom. The number of piperidine rings is 2. The Morgan fingerprint density at radius 2 is 1.50 bits per heavy atom. The van der Waals surface area contributed by atoms with Gasteiger partial charge in [0.2, 0.25) is 15.9 Å². The van der Waals surface area contributed by atoms with E-state index in [0.29, 0.717) is 55.9 Å².